The number of halogens is 3. The quantitative estimate of drug-likeness (QED) is 0.606. The van der Waals surface area contributed by atoms with Crippen LogP contribution < -0.4 is 3.07 Å². The van der Waals surface area contributed by atoms with Crippen LogP contribution in [0.25, 0.3) is 0 Å². The topological polar surface area (TPSA) is 0 Å². The molecular weight excluding hydrogens is 423 g/mol. The van der Waals surface area contributed by atoms with Gasteiger partial charge in [0, 0.05) is 0 Å². The summed E-state index contributed by atoms with van der Waals surface area (Å²) >= 11 is 14.1. The van der Waals surface area contributed by atoms with Crippen molar-refractivity contribution in [3.8, 4) is 0 Å². The zero-order valence-corrected chi connectivity index (χ0v) is 13.7. The van der Waals surface area contributed by atoms with Crippen LogP contribution in [0, 0.1) is 0 Å². The molecule has 0 radical (unpaired) electrons. The van der Waals surface area contributed by atoms with Crippen molar-refractivity contribution in [1.82, 2.24) is 0 Å². The molecule has 1 aromatic carbocycles. The average Bonchev–Trinajstić information content (AvgIpc) is 1.85. The fourth-order valence-electron chi connectivity index (χ4n) is 0.688. The fourth-order valence-corrected chi connectivity index (χ4v) is 7.42. The van der Waals surface area contributed by atoms with Crippen LogP contribution >= 0.6 is 35.1 Å². The molecule has 0 saturated carbocycles. The molecule has 4 heteroatoms. The van der Waals surface area contributed by atoms with E-state index in [9.17, 15) is 0 Å². The van der Waals surface area contributed by atoms with Gasteiger partial charge in [0.15, 0.2) is 0 Å². The van der Waals surface area contributed by atoms with Gasteiger partial charge in [0.1, 0.15) is 0 Å². The maximum atomic E-state index is 5.76. The molecule has 0 spiro atoms. The molecule has 1 aromatic rings. The van der Waals surface area contributed by atoms with Crippen molar-refractivity contribution in [3.05, 3.63) is 28.2 Å². The van der Waals surface area contributed by atoms with Gasteiger partial charge in [-0.3, -0.25) is 0 Å². The van der Waals surface area contributed by atoms with Gasteiger partial charge in [0.2, 0.25) is 0 Å². The second-order valence-corrected chi connectivity index (χ2v) is 11.9. The second-order valence-electron chi connectivity index (χ2n) is 1.91. The molecule has 0 bridgehead atoms. The summed E-state index contributed by atoms with van der Waals surface area (Å²) in [6.07, 6.45) is 0. The zero-order valence-electron chi connectivity index (χ0n) is 5.07. The predicted octanol–water partition coefficient (Wildman–Crippen LogP) is 3.01. The minimum atomic E-state index is -0.964. The third-order valence-electron chi connectivity index (χ3n) is 1.08. The van der Waals surface area contributed by atoms with E-state index in [4.69, 9.17) is 23.2 Å². The molecule has 0 unspecified atom stereocenters. The first-order valence-corrected chi connectivity index (χ1v) is 18.2. The van der Waals surface area contributed by atoms with E-state index in [2.05, 4.69) is 11.9 Å². The Morgan fingerprint density at radius 1 is 1.10 bits per heavy atom. The van der Waals surface area contributed by atoms with E-state index in [1.165, 1.54) is 3.07 Å². The molecule has 1 rings (SSSR count). The van der Waals surface area contributed by atoms with Crippen molar-refractivity contribution in [2.24, 2.45) is 0 Å². The van der Waals surface area contributed by atoms with Gasteiger partial charge < -0.3 is 0 Å². The standard InChI is InChI=1S/C6H3Cl2.BrH.Hg/c7-5-2-1-3-6(8)4-5;;/h2-4H;1H;/q;;+1/p-1. The van der Waals surface area contributed by atoms with Crippen molar-refractivity contribution < 1.29 is 22.1 Å². The number of rotatable bonds is 1. The first-order chi connectivity index (χ1) is 4.72. The Balaban J connectivity index is 3.06. The van der Waals surface area contributed by atoms with Crippen LogP contribution in [0.5, 0.6) is 0 Å². The average molecular weight is 426 g/mol. The summed E-state index contributed by atoms with van der Waals surface area (Å²) < 4.78 is 1.32. The molecule has 0 heterocycles. The Hall–Kier alpha value is 1.22. The molecule has 0 amide bonds. The van der Waals surface area contributed by atoms with E-state index in [-0.39, 0.29) is 0 Å². The van der Waals surface area contributed by atoms with E-state index < -0.39 is 22.1 Å². The van der Waals surface area contributed by atoms with Crippen LogP contribution in [0.2, 0.25) is 10.0 Å². The Morgan fingerprint density at radius 2 is 1.60 bits per heavy atom. The molecular formula is C6H3BrCl2Hg. The van der Waals surface area contributed by atoms with E-state index in [1.807, 2.05) is 12.1 Å². The van der Waals surface area contributed by atoms with Crippen molar-refractivity contribution in [3.63, 3.8) is 0 Å². The summed E-state index contributed by atoms with van der Waals surface area (Å²) in [5.74, 6) is 0. The van der Waals surface area contributed by atoms with Gasteiger partial charge in [-0.25, -0.2) is 0 Å². The molecule has 0 aromatic heterocycles. The molecule has 0 aliphatic rings. The van der Waals surface area contributed by atoms with Gasteiger partial charge in [-0.2, -0.15) is 0 Å². The third-order valence-corrected chi connectivity index (χ3v) is 9.98. The van der Waals surface area contributed by atoms with Crippen LogP contribution in [0.3, 0.4) is 0 Å². The summed E-state index contributed by atoms with van der Waals surface area (Å²) in [5, 5.41) is 1.48. The van der Waals surface area contributed by atoms with Crippen LogP contribution in [0.1, 0.15) is 0 Å². The zero-order chi connectivity index (χ0) is 7.56. The molecule has 0 saturated heterocycles. The first-order valence-electron chi connectivity index (χ1n) is 2.73. The summed E-state index contributed by atoms with van der Waals surface area (Å²) in [6.45, 7) is 0. The van der Waals surface area contributed by atoms with E-state index >= 15 is 0 Å². The Kier molecular flexibility index (Phi) is 3.99. The van der Waals surface area contributed by atoms with Crippen molar-refractivity contribution in [2.75, 3.05) is 0 Å². The van der Waals surface area contributed by atoms with Gasteiger partial charge in [-0.15, -0.1) is 0 Å². The number of benzene rings is 1. The molecule has 0 atom stereocenters. The van der Waals surface area contributed by atoms with Crippen LogP contribution in [-0.4, -0.2) is 0 Å². The van der Waals surface area contributed by atoms with Crippen LogP contribution in [-0.2, 0) is 22.1 Å². The Labute approximate surface area is 87.6 Å². The maximum absolute atomic E-state index is 5.76. The van der Waals surface area contributed by atoms with Crippen LogP contribution in [0.15, 0.2) is 18.2 Å². The Morgan fingerprint density at radius 3 is 2.00 bits per heavy atom. The van der Waals surface area contributed by atoms with Gasteiger partial charge in [0.25, 0.3) is 0 Å². The summed E-state index contributed by atoms with van der Waals surface area (Å²) in [6, 6.07) is 5.70. The summed E-state index contributed by atoms with van der Waals surface area (Å²) in [7, 11) is 0. The van der Waals surface area contributed by atoms with E-state index in [1.54, 1.807) is 6.07 Å². The van der Waals surface area contributed by atoms with Gasteiger partial charge in [0.05, 0.1) is 0 Å². The van der Waals surface area contributed by atoms with Crippen molar-refractivity contribution in [1.29, 1.82) is 0 Å². The molecule has 10 heavy (non-hydrogen) atoms. The number of hydrogen-bond donors (Lipinski definition) is 0. The normalized spacial score (nSPS) is 9.10. The second kappa shape index (κ2) is 4.29. The summed E-state index contributed by atoms with van der Waals surface area (Å²) in [5.41, 5.74) is 0. The molecule has 0 aliphatic carbocycles. The van der Waals surface area contributed by atoms with E-state index in [0.717, 1.165) is 10.0 Å². The Bertz CT molecular complexity index is 219. The van der Waals surface area contributed by atoms with Gasteiger partial charge in [-0.05, 0) is 0 Å². The predicted molar refractivity (Wildman–Crippen MR) is 45.0 cm³/mol. The SMILES string of the molecule is Clc1cc(Cl)c[c]([Hg][Br])c1. The van der Waals surface area contributed by atoms with Gasteiger partial charge in [-0.1, -0.05) is 0 Å². The first kappa shape index (κ1) is 9.30. The van der Waals surface area contributed by atoms with Crippen LogP contribution in [0.4, 0.5) is 0 Å². The molecule has 0 N–H and O–H groups in total. The third kappa shape index (κ3) is 2.69. The monoisotopic (exact) mass is 426 g/mol. The number of hydrogen-bond acceptors (Lipinski definition) is 0. The van der Waals surface area contributed by atoms with Crippen molar-refractivity contribution >= 4 is 38.2 Å². The molecule has 0 aliphatic heterocycles. The van der Waals surface area contributed by atoms with E-state index in [0.29, 0.717) is 0 Å². The molecule has 0 nitrogen and oxygen atoms in total. The van der Waals surface area contributed by atoms with Crippen molar-refractivity contribution in [2.45, 2.75) is 0 Å². The minimum absolute atomic E-state index is 0.738. The molecule has 0 fully saturated rings. The summed E-state index contributed by atoms with van der Waals surface area (Å²) in [4.78, 5) is 0. The molecule has 50 valence electrons. The fraction of sp³-hybridized carbons (Fsp3) is 0. The van der Waals surface area contributed by atoms with Gasteiger partial charge >= 0.3 is 88.6 Å².